The Morgan fingerprint density at radius 3 is 3.10 bits per heavy atom. The van der Waals surface area contributed by atoms with Crippen LogP contribution in [0.1, 0.15) is 42.6 Å². The highest BCUT2D eigenvalue weighted by molar-refractivity contribution is 5.57. The number of hydrogen-bond acceptors (Lipinski definition) is 5. The van der Waals surface area contributed by atoms with Gasteiger partial charge in [-0.15, -0.1) is 0 Å². The number of methoxy groups -OCH3 is 1. The Hall–Kier alpha value is -1.88. The molecule has 0 radical (unpaired) electrons. The van der Waals surface area contributed by atoms with Gasteiger partial charge in [-0.25, -0.2) is 0 Å². The molecule has 2 atom stereocenters. The van der Waals surface area contributed by atoms with E-state index in [0.29, 0.717) is 17.6 Å². The Morgan fingerprint density at radius 1 is 1.45 bits per heavy atom. The minimum atomic E-state index is -0.0820. The van der Waals surface area contributed by atoms with Crippen LogP contribution in [0.15, 0.2) is 28.8 Å². The Balaban J connectivity index is 1.73. The van der Waals surface area contributed by atoms with E-state index in [1.165, 1.54) is 11.3 Å². The molecule has 0 saturated heterocycles. The quantitative estimate of drug-likeness (QED) is 0.907. The number of ether oxygens (including phenoxy) is 1. The number of hydrogen-bond donors (Lipinski definition) is 1. The molecule has 2 heterocycles. The number of aromatic nitrogens is 2. The Bertz CT molecular complexity index is 578. The Kier molecular flexibility index (Phi) is 3.69. The molecular formula is C15H19N3O2. The molecule has 1 aromatic carbocycles. The van der Waals surface area contributed by atoms with Gasteiger partial charge in [0, 0.05) is 31.7 Å². The van der Waals surface area contributed by atoms with Crippen molar-refractivity contribution >= 4 is 5.69 Å². The molecule has 0 amide bonds. The van der Waals surface area contributed by atoms with Crippen molar-refractivity contribution in [2.24, 2.45) is 0 Å². The summed E-state index contributed by atoms with van der Waals surface area (Å²) in [6.07, 6.45) is 1.52. The normalized spacial score (nSPS) is 18.6. The SMILES string of the molecule is CCC(OC)c1noc(CC2CNc3ccccc32)n1. The van der Waals surface area contributed by atoms with Crippen LogP contribution in [-0.2, 0) is 11.2 Å². The van der Waals surface area contributed by atoms with E-state index in [2.05, 4.69) is 33.7 Å². The Labute approximate surface area is 118 Å². The highest BCUT2D eigenvalue weighted by Crippen LogP contribution is 2.33. The topological polar surface area (TPSA) is 60.2 Å². The Morgan fingerprint density at radius 2 is 2.30 bits per heavy atom. The molecule has 0 spiro atoms. The van der Waals surface area contributed by atoms with Gasteiger partial charge in [-0.3, -0.25) is 0 Å². The first-order valence-electron chi connectivity index (χ1n) is 7.00. The number of nitrogens with one attached hydrogen (secondary N) is 1. The van der Waals surface area contributed by atoms with E-state index >= 15 is 0 Å². The van der Waals surface area contributed by atoms with Crippen molar-refractivity contribution in [1.29, 1.82) is 0 Å². The first-order valence-corrected chi connectivity index (χ1v) is 7.00. The number of benzene rings is 1. The van der Waals surface area contributed by atoms with E-state index in [-0.39, 0.29) is 6.10 Å². The third-order valence-corrected chi connectivity index (χ3v) is 3.79. The fraction of sp³-hybridized carbons (Fsp3) is 0.467. The summed E-state index contributed by atoms with van der Waals surface area (Å²) >= 11 is 0. The molecule has 0 saturated carbocycles. The van der Waals surface area contributed by atoms with Crippen LogP contribution in [-0.4, -0.2) is 23.8 Å². The van der Waals surface area contributed by atoms with Crippen LogP contribution in [0.25, 0.3) is 0 Å². The zero-order chi connectivity index (χ0) is 13.9. The van der Waals surface area contributed by atoms with E-state index in [1.54, 1.807) is 7.11 Å². The lowest BCUT2D eigenvalue weighted by atomic mass is 9.98. The van der Waals surface area contributed by atoms with Gasteiger partial charge < -0.3 is 14.6 Å². The summed E-state index contributed by atoms with van der Waals surface area (Å²) in [6.45, 7) is 2.96. The molecule has 20 heavy (non-hydrogen) atoms. The molecule has 2 aromatic rings. The second-order valence-electron chi connectivity index (χ2n) is 5.05. The third-order valence-electron chi connectivity index (χ3n) is 3.79. The van der Waals surface area contributed by atoms with Crippen LogP contribution in [0.2, 0.25) is 0 Å². The standard InChI is InChI=1S/C15H19N3O2/c1-3-13(19-2)15-17-14(20-18-15)8-10-9-16-12-7-5-4-6-11(10)12/h4-7,10,13,16H,3,8-9H2,1-2H3. The van der Waals surface area contributed by atoms with Gasteiger partial charge >= 0.3 is 0 Å². The molecule has 1 aliphatic heterocycles. The van der Waals surface area contributed by atoms with Crippen LogP contribution in [0.3, 0.4) is 0 Å². The summed E-state index contributed by atoms with van der Waals surface area (Å²) in [5, 5.41) is 7.43. The van der Waals surface area contributed by atoms with Crippen molar-refractivity contribution in [2.45, 2.75) is 31.8 Å². The lowest BCUT2D eigenvalue weighted by Gasteiger charge is -2.07. The van der Waals surface area contributed by atoms with E-state index in [1.807, 2.05) is 13.0 Å². The van der Waals surface area contributed by atoms with Crippen molar-refractivity contribution in [1.82, 2.24) is 10.1 Å². The first kappa shape index (κ1) is 13.1. The van der Waals surface area contributed by atoms with Crippen molar-refractivity contribution < 1.29 is 9.26 Å². The van der Waals surface area contributed by atoms with Crippen molar-refractivity contribution in [3.8, 4) is 0 Å². The van der Waals surface area contributed by atoms with Gasteiger partial charge in [0.05, 0.1) is 0 Å². The number of para-hydroxylation sites is 1. The zero-order valence-electron chi connectivity index (χ0n) is 11.8. The molecule has 5 nitrogen and oxygen atoms in total. The summed E-state index contributed by atoms with van der Waals surface area (Å²) in [5.74, 6) is 1.71. The first-order chi connectivity index (χ1) is 9.81. The van der Waals surface area contributed by atoms with Crippen LogP contribution in [0, 0.1) is 0 Å². The molecule has 0 fully saturated rings. The maximum atomic E-state index is 5.36. The largest absolute Gasteiger partial charge is 0.384 e. The van der Waals surface area contributed by atoms with Crippen molar-refractivity contribution in [2.75, 3.05) is 19.0 Å². The average Bonchev–Trinajstić information content (AvgIpc) is 3.09. The van der Waals surface area contributed by atoms with Crippen LogP contribution in [0.5, 0.6) is 0 Å². The van der Waals surface area contributed by atoms with Crippen LogP contribution < -0.4 is 5.32 Å². The van der Waals surface area contributed by atoms with Gasteiger partial charge in [-0.05, 0) is 18.1 Å². The molecule has 1 aromatic heterocycles. The third kappa shape index (κ3) is 2.41. The fourth-order valence-corrected chi connectivity index (χ4v) is 2.69. The smallest absolute Gasteiger partial charge is 0.227 e. The lowest BCUT2D eigenvalue weighted by Crippen LogP contribution is -2.06. The van der Waals surface area contributed by atoms with Crippen molar-refractivity contribution in [3.63, 3.8) is 0 Å². The van der Waals surface area contributed by atoms with Gasteiger partial charge in [-0.1, -0.05) is 30.3 Å². The molecule has 0 aliphatic carbocycles. The number of anilines is 1. The lowest BCUT2D eigenvalue weighted by molar-refractivity contribution is 0.0903. The maximum Gasteiger partial charge on any atom is 0.227 e. The fourth-order valence-electron chi connectivity index (χ4n) is 2.69. The summed E-state index contributed by atoms with van der Waals surface area (Å²) in [7, 11) is 1.67. The highest BCUT2D eigenvalue weighted by Gasteiger charge is 2.25. The second-order valence-corrected chi connectivity index (χ2v) is 5.05. The predicted octanol–water partition coefficient (Wildman–Crippen LogP) is 2.92. The van der Waals surface area contributed by atoms with Gasteiger partial charge in [0.25, 0.3) is 0 Å². The summed E-state index contributed by atoms with van der Waals surface area (Å²) < 4.78 is 10.7. The average molecular weight is 273 g/mol. The molecule has 1 aliphatic rings. The summed E-state index contributed by atoms with van der Waals surface area (Å²) in [4.78, 5) is 4.46. The number of fused-ring (bicyclic) bond motifs is 1. The summed E-state index contributed by atoms with van der Waals surface area (Å²) in [6, 6.07) is 8.37. The molecule has 1 N–H and O–H groups in total. The molecule has 5 heteroatoms. The van der Waals surface area contributed by atoms with Gasteiger partial charge in [-0.2, -0.15) is 4.98 Å². The second kappa shape index (κ2) is 5.63. The molecule has 106 valence electrons. The molecule has 2 unspecified atom stereocenters. The number of rotatable bonds is 5. The summed E-state index contributed by atoms with van der Waals surface area (Å²) in [5.41, 5.74) is 2.53. The minimum Gasteiger partial charge on any atom is -0.384 e. The van der Waals surface area contributed by atoms with Crippen LogP contribution >= 0.6 is 0 Å². The number of nitrogens with zero attached hydrogens (tertiary/aromatic N) is 2. The minimum absolute atomic E-state index is 0.0820. The predicted molar refractivity (Wildman–Crippen MR) is 75.7 cm³/mol. The van der Waals surface area contributed by atoms with E-state index in [9.17, 15) is 0 Å². The molecule has 3 rings (SSSR count). The monoisotopic (exact) mass is 273 g/mol. The van der Waals surface area contributed by atoms with E-state index in [0.717, 1.165) is 19.4 Å². The van der Waals surface area contributed by atoms with Crippen molar-refractivity contribution in [3.05, 3.63) is 41.5 Å². The molecular weight excluding hydrogens is 254 g/mol. The van der Waals surface area contributed by atoms with Gasteiger partial charge in [0.2, 0.25) is 11.7 Å². The van der Waals surface area contributed by atoms with Gasteiger partial charge in [0.1, 0.15) is 6.10 Å². The zero-order valence-corrected chi connectivity index (χ0v) is 11.8. The molecule has 0 bridgehead atoms. The maximum absolute atomic E-state index is 5.36. The van der Waals surface area contributed by atoms with Gasteiger partial charge in [0.15, 0.2) is 0 Å². The van der Waals surface area contributed by atoms with E-state index in [4.69, 9.17) is 9.26 Å². The van der Waals surface area contributed by atoms with E-state index < -0.39 is 0 Å². The highest BCUT2D eigenvalue weighted by atomic mass is 16.5. The van der Waals surface area contributed by atoms with Crippen LogP contribution in [0.4, 0.5) is 5.69 Å².